The summed E-state index contributed by atoms with van der Waals surface area (Å²) >= 11 is 0. The maximum Gasteiger partial charge on any atom is -0.0235 e. The van der Waals surface area contributed by atoms with Gasteiger partial charge in [0.1, 0.15) is 0 Å². The Balaban J connectivity index is 1.56. The first kappa shape index (κ1) is 8.14. The summed E-state index contributed by atoms with van der Waals surface area (Å²) in [6.45, 7) is 0. The molecule has 15 heavy (non-hydrogen) atoms. The first-order valence-corrected chi connectivity index (χ1v) is 7.31. The Kier molecular flexibility index (Phi) is 1.18. The number of fused-ring (bicyclic) bond motifs is 2. The Morgan fingerprint density at radius 2 is 1.33 bits per heavy atom. The summed E-state index contributed by atoms with van der Waals surface area (Å²) in [6.07, 6.45) is 14.7. The van der Waals surface area contributed by atoms with Crippen LogP contribution in [0.1, 0.15) is 57.8 Å². The number of rotatable bonds is 0. The van der Waals surface area contributed by atoms with Gasteiger partial charge in [0.2, 0.25) is 0 Å². The minimum absolute atomic E-state index is 0.907. The van der Waals surface area contributed by atoms with E-state index in [-0.39, 0.29) is 0 Å². The fourth-order valence-electron chi connectivity index (χ4n) is 6.57. The Hall–Kier alpha value is 0. The predicted octanol–water partition coefficient (Wildman–Crippen LogP) is 4.00. The van der Waals surface area contributed by atoms with Crippen LogP contribution in [-0.2, 0) is 0 Å². The maximum absolute atomic E-state index is 1.68. The van der Waals surface area contributed by atoms with E-state index in [2.05, 4.69) is 0 Å². The summed E-state index contributed by atoms with van der Waals surface area (Å²) in [5.74, 6) is 4.74. The van der Waals surface area contributed by atoms with Crippen molar-refractivity contribution in [1.29, 1.82) is 0 Å². The predicted molar refractivity (Wildman–Crippen MR) is 60.4 cm³/mol. The van der Waals surface area contributed by atoms with E-state index in [1.165, 1.54) is 17.8 Å². The van der Waals surface area contributed by atoms with Crippen LogP contribution in [-0.4, -0.2) is 0 Å². The van der Waals surface area contributed by atoms with Gasteiger partial charge in [-0.25, -0.2) is 0 Å². The Bertz CT molecular complexity index is 308. The van der Waals surface area contributed by atoms with Crippen molar-refractivity contribution in [3.8, 4) is 0 Å². The highest BCUT2D eigenvalue weighted by atomic mass is 14.8. The molecule has 82 valence electrons. The molecule has 7 saturated carbocycles. The molecule has 2 spiro atoms. The average Bonchev–Trinajstić information content (AvgIpc) is 2.93. The van der Waals surface area contributed by atoms with Crippen molar-refractivity contribution in [1.82, 2.24) is 0 Å². The third-order valence-corrected chi connectivity index (χ3v) is 7.43. The molecule has 0 nitrogen and oxygen atoms in total. The van der Waals surface area contributed by atoms with E-state index in [4.69, 9.17) is 0 Å². The molecule has 0 heterocycles. The summed E-state index contributed by atoms with van der Waals surface area (Å²) in [5.41, 5.74) is 1.87. The SMILES string of the molecule is C1CC2CCC1CC21CC2CC23CC1C3. The van der Waals surface area contributed by atoms with Gasteiger partial charge in [-0.15, -0.1) is 0 Å². The van der Waals surface area contributed by atoms with E-state index < -0.39 is 0 Å². The van der Waals surface area contributed by atoms with Crippen molar-refractivity contribution >= 4 is 0 Å². The van der Waals surface area contributed by atoms with Crippen LogP contribution in [0.4, 0.5) is 0 Å². The third kappa shape index (κ3) is 0.775. The molecule has 2 unspecified atom stereocenters. The minimum atomic E-state index is 0.907. The molecule has 2 atom stereocenters. The Morgan fingerprint density at radius 3 is 1.93 bits per heavy atom. The standard InChI is InChI=1S/C15H22/c1-3-11-4-2-10(1)5-15(11)9-12-6-14(12)7-13(15)8-14/h10-13H,1-9H2. The van der Waals surface area contributed by atoms with Crippen molar-refractivity contribution < 1.29 is 0 Å². The molecule has 0 radical (unpaired) electrons. The van der Waals surface area contributed by atoms with Crippen molar-refractivity contribution in [3.05, 3.63) is 0 Å². The average molecular weight is 202 g/mol. The lowest BCUT2D eigenvalue weighted by atomic mass is 9.41. The van der Waals surface area contributed by atoms with Gasteiger partial charge in [-0.2, -0.15) is 0 Å². The van der Waals surface area contributed by atoms with Gasteiger partial charge < -0.3 is 0 Å². The van der Waals surface area contributed by atoms with Crippen molar-refractivity contribution in [2.24, 2.45) is 34.5 Å². The van der Waals surface area contributed by atoms with Crippen LogP contribution < -0.4 is 0 Å². The zero-order valence-electron chi connectivity index (χ0n) is 9.67. The van der Waals surface area contributed by atoms with Crippen LogP contribution in [0.3, 0.4) is 0 Å². The van der Waals surface area contributed by atoms with Crippen molar-refractivity contribution in [2.75, 3.05) is 0 Å². The van der Waals surface area contributed by atoms with Crippen LogP contribution in [0, 0.1) is 34.5 Å². The van der Waals surface area contributed by atoms with Gasteiger partial charge in [0, 0.05) is 0 Å². The van der Waals surface area contributed by atoms with Gasteiger partial charge >= 0.3 is 0 Å². The fraction of sp³-hybridized carbons (Fsp3) is 1.00. The molecule has 0 aromatic heterocycles. The first-order chi connectivity index (χ1) is 7.31. The fourth-order valence-corrected chi connectivity index (χ4v) is 6.57. The van der Waals surface area contributed by atoms with E-state index >= 15 is 0 Å². The lowest BCUT2D eigenvalue weighted by Gasteiger charge is -2.63. The second kappa shape index (κ2) is 2.17. The normalized spacial score (nSPS) is 68.8. The van der Waals surface area contributed by atoms with E-state index in [1.807, 2.05) is 0 Å². The summed E-state index contributed by atoms with van der Waals surface area (Å²) in [6, 6.07) is 0. The molecule has 0 aromatic carbocycles. The van der Waals surface area contributed by atoms with Crippen LogP contribution in [0.15, 0.2) is 0 Å². The Labute approximate surface area is 92.8 Å². The molecule has 0 N–H and O–H groups in total. The van der Waals surface area contributed by atoms with Crippen LogP contribution in [0.25, 0.3) is 0 Å². The second-order valence-electron chi connectivity index (χ2n) is 7.73. The minimum Gasteiger partial charge on any atom is -0.0501 e. The molecule has 0 heteroatoms. The molecule has 0 amide bonds. The summed E-state index contributed by atoms with van der Waals surface area (Å²) in [4.78, 5) is 0. The highest BCUT2D eigenvalue weighted by molar-refractivity contribution is 5.22. The van der Waals surface area contributed by atoms with E-state index in [0.717, 1.165) is 16.7 Å². The van der Waals surface area contributed by atoms with E-state index in [1.54, 1.807) is 57.8 Å². The van der Waals surface area contributed by atoms with Crippen LogP contribution in [0.2, 0.25) is 0 Å². The van der Waals surface area contributed by atoms with Gasteiger partial charge in [-0.3, -0.25) is 0 Å². The second-order valence-corrected chi connectivity index (χ2v) is 7.73. The van der Waals surface area contributed by atoms with E-state index in [9.17, 15) is 0 Å². The van der Waals surface area contributed by atoms with Crippen LogP contribution in [0.5, 0.6) is 0 Å². The maximum atomic E-state index is 1.68. The molecule has 7 aliphatic rings. The largest absolute Gasteiger partial charge is 0.0501 e. The van der Waals surface area contributed by atoms with Crippen LogP contribution >= 0.6 is 0 Å². The smallest absolute Gasteiger partial charge is 0.0235 e. The first-order valence-electron chi connectivity index (χ1n) is 7.31. The number of hydrogen-bond donors (Lipinski definition) is 0. The molecule has 7 rings (SSSR count). The van der Waals surface area contributed by atoms with Gasteiger partial charge in [0.05, 0.1) is 0 Å². The van der Waals surface area contributed by atoms with Gasteiger partial charge in [-0.1, -0.05) is 12.8 Å². The zero-order chi connectivity index (χ0) is 9.67. The number of hydrogen-bond acceptors (Lipinski definition) is 0. The Morgan fingerprint density at radius 1 is 0.600 bits per heavy atom. The molecular weight excluding hydrogens is 180 g/mol. The van der Waals surface area contributed by atoms with Crippen molar-refractivity contribution in [2.45, 2.75) is 57.8 Å². The summed E-state index contributed by atoms with van der Waals surface area (Å²) in [5, 5.41) is 0. The van der Waals surface area contributed by atoms with Crippen molar-refractivity contribution in [3.63, 3.8) is 0 Å². The monoisotopic (exact) mass is 202 g/mol. The molecule has 7 fully saturated rings. The molecule has 0 aliphatic heterocycles. The summed E-state index contributed by atoms with van der Waals surface area (Å²) < 4.78 is 0. The molecule has 7 aliphatic carbocycles. The lowest BCUT2D eigenvalue weighted by molar-refractivity contribution is -0.138. The van der Waals surface area contributed by atoms with E-state index in [0.29, 0.717) is 0 Å². The lowest BCUT2D eigenvalue weighted by Crippen LogP contribution is -2.54. The molecular formula is C15H22. The topological polar surface area (TPSA) is 0 Å². The zero-order valence-corrected chi connectivity index (χ0v) is 9.67. The quantitative estimate of drug-likeness (QED) is 0.557. The van der Waals surface area contributed by atoms with Gasteiger partial charge in [-0.05, 0) is 79.4 Å². The molecule has 0 saturated heterocycles. The highest BCUT2D eigenvalue weighted by Crippen LogP contribution is 2.82. The summed E-state index contributed by atoms with van der Waals surface area (Å²) in [7, 11) is 0. The molecule has 0 aromatic rings. The highest BCUT2D eigenvalue weighted by Gasteiger charge is 2.72. The van der Waals surface area contributed by atoms with Gasteiger partial charge in [0.25, 0.3) is 0 Å². The molecule has 4 bridgehead atoms. The third-order valence-electron chi connectivity index (χ3n) is 7.43. The van der Waals surface area contributed by atoms with Gasteiger partial charge in [0.15, 0.2) is 0 Å².